The summed E-state index contributed by atoms with van der Waals surface area (Å²) in [6, 6.07) is 21.9. The second-order valence-corrected chi connectivity index (χ2v) is 10.0. The van der Waals surface area contributed by atoms with Crippen LogP contribution in [0.25, 0.3) is 10.8 Å². The van der Waals surface area contributed by atoms with Crippen LogP contribution in [0.15, 0.2) is 71.6 Å². The number of sulfonamides is 1. The minimum absolute atomic E-state index is 0.00527. The van der Waals surface area contributed by atoms with Crippen molar-refractivity contribution in [2.24, 2.45) is 5.14 Å². The van der Waals surface area contributed by atoms with E-state index in [1.807, 2.05) is 12.1 Å². The first kappa shape index (κ1) is 22.5. The molecule has 1 saturated carbocycles. The van der Waals surface area contributed by atoms with E-state index in [1.165, 1.54) is 28.5 Å². The molecule has 0 bridgehead atoms. The van der Waals surface area contributed by atoms with E-state index in [-0.39, 0.29) is 16.8 Å². The molecule has 7 heteroatoms. The van der Waals surface area contributed by atoms with Crippen molar-refractivity contribution in [3.05, 3.63) is 77.9 Å². The summed E-state index contributed by atoms with van der Waals surface area (Å²) in [7, 11) is -3.69. The van der Waals surface area contributed by atoms with Crippen molar-refractivity contribution in [3.63, 3.8) is 0 Å². The zero-order valence-electron chi connectivity index (χ0n) is 18.2. The van der Waals surface area contributed by atoms with E-state index >= 15 is 0 Å². The average Bonchev–Trinajstić information content (AvgIpc) is 3.62. The summed E-state index contributed by atoms with van der Waals surface area (Å²) in [6.07, 6.45) is 2.88. The minimum atomic E-state index is -3.69. The normalized spacial score (nSPS) is 15.1. The van der Waals surface area contributed by atoms with Crippen LogP contribution in [-0.4, -0.2) is 38.4 Å². The van der Waals surface area contributed by atoms with Crippen LogP contribution in [0.5, 0.6) is 0 Å². The van der Waals surface area contributed by atoms with Gasteiger partial charge in [0, 0.05) is 18.6 Å². The maximum atomic E-state index is 12.7. The molecule has 32 heavy (non-hydrogen) atoms. The number of fused-ring (bicyclic) bond motifs is 1. The summed E-state index contributed by atoms with van der Waals surface area (Å²) in [5.41, 5.74) is 2.17. The van der Waals surface area contributed by atoms with E-state index < -0.39 is 10.0 Å². The third-order valence-electron chi connectivity index (χ3n) is 6.08. The van der Waals surface area contributed by atoms with Gasteiger partial charge >= 0.3 is 0 Å². The number of hydrogen-bond donors (Lipinski definition) is 2. The fourth-order valence-corrected chi connectivity index (χ4v) is 4.58. The Labute approximate surface area is 189 Å². The Morgan fingerprint density at radius 3 is 2.41 bits per heavy atom. The van der Waals surface area contributed by atoms with Gasteiger partial charge in [-0.05, 0) is 66.3 Å². The fourth-order valence-electron chi connectivity index (χ4n) is 4.06. The number of benzene rings is 3. The topological polar surface area (TPSA) is 92.5 Å². The number of nitrogens with zero attached hydrogens (tertiary/aromatic N) is 1. The molecule has 6 nitrogen and oxygen atoms in total. The third kappa shape index (κ3) is 5.54. The molecular formula is C25H29N3O3S. The summed E-state index contributed by atoms with van der Waals surface area (Å²) in [5, 5.41) is 10.6. The van der Waals surface area contributed by atoms with Gasteiger partial charge in [-0.15, -0.1) is 0 Å². The number of carbonyl (C=O) groups excluding carboxylic acids is 1. The molecule has 3 aromatic carbocycles. The fraction of sp³-hybridized carbons (Fsp3) is 0.320. The Morgan fingerprint density at radius 2 is 1.75 bits per heavy atom. The molecule has 4 rings (SSSR count). The first-order valence-electron chi connectivity index (χ1n) is 10.9. The predicted molar refractivity (Wildman–Crippen MR) is 127 cm³/mol. The summed E-state index contributed by atoms with van der Waals surface area (Å²) in [6.45, 7) is 3.03. The van der Waals surface area contributed by atoms with Gasteiger partial charge in [0.15, 0.2) is 0 Å². The Bertz CT molecular complexity index is 1200. The van der Waals surface area contributed by atoms with Gasteiger partial charge in [0.2, 0.25) is 15.9 Å². The maximum Gasteiger partial charge on any atom is 0.238 e. The zero-order valence-corrected chi connectivity index (χ0v) is 19.0. The van der Waals surface area contributed by atoms with Crippen molar-refractivity contribution < 1.29 is 13.2 Å². The third-order valence-corrected chi connectivity index (χ3v) is 7.01. The van der Waals surface area contributed by atoms with Gasteiger partial charge in [-0.25, -0.2) is 13.6 Å². The van der Waals surface area contributed by atoms with E-state index in [1.54, 1.807) is 12.1 Å². The van der Waals surface area contributed by atoms with Crippen LogP contribution in [0.2, 0.25) is 0 Å². The van der Waals surface area contributed by atoms with Crippen LogP contribution in [0, 0.1) is 0 Å². The lowest BCUT2D eigenvalue weighted by Gasteiger charge is -2.29. The smallest absolute Gasteiger partial charge is 0.238 e. The molecule has 0 aliphatic heterocycles. The predicted octanol–water partition coefficient (Wildman–Crippen LogP) is 3.37. The van der Waals surface area contributed by atoms with E-state index in [9.17, 15) is 13.2 Å². The molecule has 1 aliphatic rings. The van der Waals surface area contributed by atoms with Gasteiger partial charge in [0.1, 0.15) is 0 Å². The highest BCUT2D eigenvalue weighted by molar-refractivity contribution is 7.89. The van der Waals surface area contributed by atoms with Crippen molar-refractivity contribution in [2.75, 3.05) is 13.1 Å². The van der Waals surface area contributed by atoms with E-state index in [0.717, 1.165) is 18.4 Å². The summed E-state index contributed by atoms with van der Waals surface area (Å²) in [4.78, 5) is 15.0. The second-order valence-electron chi connectivity index (χ2n) is 8.47. The Morgan fingerprint density at radius 1 is 1.06 bits per heavy atom. The summed E-state index contributed by atoms with van der Waals surface area (Å²) < 4.78 is 22.7. The van der Waals surface area contributed by atoms with Gasteiger partial charge in [0.05, 0.1) is 11.4 Å². The molecule has 1 unspecified atom stereocenters. The lowest BCUT2D eigenvalue weighted by molar-refractivity contribution is -0.122. The van der Waals surface area contributed by atoms with Crippen molar-refractivity contribution in [1.82, 2.24) is 10.2 Å². The van der Waals surface area contributed by atoms with Crippen molar-refractivity contribution in [2.45, 2.75) is 43.2 Å². The Balaban J connectivity index is 1.34. The molecule has 0 heterocycles. The van der Waals surface area contributed by atoms with Crippen molar-refractivity contribution in [1.29, 1.82) is 0 Å². The van der Waals surface area contributed by atoms with E-state index in [4.69, 9.17) is 5.14 Å². The highest BCUT2D eigenvalue weighted by Crippen LogP contribution is 2.34. The Hall–Kier alpha value is -2.74. The van der Waals surface area contributed by atoms with E-state index in [0.29, 0.717) is 25.6 Å². The van der Waals surface area contributed by atoms with Crippen LogP contribution in [-0.2, 0) is 21.2 Å². The summed E-state index contributed by atoms with van der Waals surface area (Å²) in [5.74, 6) is 0.00527. The minimum Gasteiger partial charge on any atom is -0.355 e. The van der Waals surface area contributed by atoms with Gasteiger partial charge < -0.3 is 5.32 Å². The monoisotopic (exact) mass is 451 g/mol. The number of nitrogens with one attached hydrogen (secondary N) is 1. The molecule has 0 spiro atoms. The lowest BCUT2D eigenvalue weighted by Crippen LogP contribution is -2.40. The zero-order chi connectivity index (χ0) is 22.7. The quantitative estimate of drug-likeness (QED) is 0.522. The first-order valence-corrected chi connectivity index (χ1v) is 12.5. The number of hydrogen-bond acceptors (Lipinski definition) is 4. The SMILES string of the molecule is CC(c1ccc2ccccc2c1)N(CC(=O)NCCc1ccc(S(N)(=O)=O)cc1)C1CC1. The lowest BCUT2D eigenvalue weighted by atomic mass is 10.0. The molecule has 0 aromatic heterocycles. The summed E-state index contributed by atoms with van der Waals surface area (Å²) >= 11 is 0. The van der Waals surface area contributed by atoms with Crippen LogP contribution in [0.3, 0.4) is 0 Å². The first-order chi connectivity index (χ1) is 15.3. The molecule has 0 radical (unpaired) electrons. The maximum absolute atomic E-state index is 12.7. The van der Waals surface area contributed by atoms with Gasteiger partial charge in [-0.1, -0.05) is 48.5 Å². The van der Waals surface area contributed by atoms with Crippen LogP contribution >= 0.6 is 0 Å². The highest BCUT2D eigenvalue weighted by Gasteiger charge is 2.34. The largest absolute Gasteiger partial charge is 0.355 e. The molecule has 3 aromatic rings. The van der Waals surface area contributed by atoms with Gasteiger partial charge in [-0.3, -0.25) is 9.69 Å². The van der Waals surface area contributed by atoms with Crippen molar-refractivity contribution >= 4 is 26.7 Å². The molecule has 1 fully saturated rings. The number of rotatable bonds is 9. The molecule has 168 valence electrons. The highest BCUT2D eigenvalue weighted by atomic mass is 32.2. The molecule has 1 atom stereocenters. The Kier molecular flexibility index (Phi) is 6.60. The molecule has 1 aliphatic carbocycles. The van der Waals surface area contributed by atoms with Crippen LogP contribution in [0.1, 0.15) is 36.9 Å². The van der Waals surface area contributed by atoms with Crippen LogP contribution < -0.4 is 10.5 Å². The standard InChI is InChI=1S/C25H29N3O3S/c1-18(21-9-8-20-4-2-3-5-22(20)16-21)28(23-10-11-23)17-25(29)27-15-14-19-6-12-24(13-7-19)32(26,30)31/h2-9,12-13,16,18,23H,10-11,14-15,17H2,1H3,(H,27,29)(H2,26,30,31). The molecule has 3 N–H and O–H groups in total. The van der Waals surface area contributed by atoms with Crippen molar-refractivity contribution in [3.8, 4) is 0 Å². The van der Waals surface area contributed by atoms with E-state index in [2.05, 4.69) is 47.5 Å². The number of primary sulfonamides is 1. The van der Waals surface area contributed by atoms with Gasteiger partial charge in [-0.2, -0.15) is 0 Å². The molecular weight excluding hydrogens is 422 g/mol. The number of amides is 1. The number of carbonyl (C=O) groups is 1. The average molecular weight is 452 g/mol. The van der Waals surface area contributed by atoms with Gasteiger partial charge in [0.25, 0.3) is 0 Å². The molecule has 1 amide bonds. The molecule has 0 saturated heterocycles. The number of nitrogens with two attached hydrogens (primary N) is 1. The van der Waals surface area contributed by atoms with Crippen LogP contribution in [0.4, 0.5) is 0 Å². The second kappa shape index (κ2) is 9.40.